The lowest BCUT2D eigenvalue weighted by Crippen LogP contribution is -2.17. The molecule has 82 valence electrons. The summed E-state index contributed by atoms with van der Waals surface area (Å²) in [5.41, 5.74) is 2.11. The molecular weight excluding hydrogens is 196 g/mol. The third kappa shape index (κ3) is 1.52. The number of nitrogens with zero attached hydrogens (tertiary/aromatic N) is 1. The van der Waals surface area contributed by atoms with Crippen molar-refractivity contribution in [3.63, 3.8) is 0 Å². The van der Waals surface area contributed by atoms with Crippen LogP contribution in [-0.2, 0) is 0 Å². The zero-order valence-corrected chi connectivity index (χ0v) is 9.32. The SMILES string of the molecule is N#Cc1ccc(C2NCC3CCCC32)cc1. The Kier molecular flexibility index (Phi) is 2.41. The van der Waals surface area contributed by atoms with Gasteiger partial charge in [0.1, 0.15) is 0 Å². The molecule has 0 spiro atoms. The van der Waals surface area contributed by atoms with E-state index in [4.69, 9.17) is 5.26 Å². The van der Waals surface area contributed by atoms with Crippen molar-refractivity contribution in [1.82, 2.24) is 5.32 Å². The first-order valence-electron chi connectivity index (χ1n) is 6.12. The molecule has 2 fully saturated rings. The standard InChI is InChI=1S/C14H16N2/c15-8-10-4-6-11(7-5-10)14-13-3-1-2-12(13)9-16-14/h4-7,12-14,16H,1-3,9H2. The van der Waals surface area contributed by atoms with E-state index in [1.807, 2.05) is 12.1 Å². The van der Waals surface area contributed by atoms with E-state index in [0.29, 0.717) is 6.04 Å². The Morgan fingerprint density at radius 2 is 2.00 bits per heavy atom. The predicted octanol–water partition coefficient (Wildman–Crippen LogP) is 2.62. The molecule has 2 nitrogen and oxygen atoms in total. The highest BCUT2D eigenvalue weighted by molar-refractivity contribution is 5.33. The molecule has 16 heavy (non-hydrogen) atoms. The predicted molar refractivity (Wildman–Crippen MR) is 62.7 cm³/mol. The van der Waals surface area contributed by atoms with Crippen LogP contribution in [0.25, 0.3) is 0 Å². The molecule has 1 aliphatic heterocycles. The Balaban J connectivity index is 1.84. The monoisotopic (exact) mass is 212 g/mol. The Hall–Kier alpha value is -1.33. The minimum absolute atomic E-state index is 0.528. The van der Waals surface area contributed by atoms with Crippen LogP contribution < -0.4 is 5.32 Å². The smallest absolute Gasteiger partial charge is 0.0991 e. The third-order valence-corrected chi connectivity index (χ3v) is 4.14. The molecule has 1 N–H and O–H groups in total. The first kappa shape index (κ1) is 9.86. The van der Waals surface area contributed by atoms with Crippen molar-refractivity contribution >= 4 is 0 Å². The second-order valence-electron chi connectivity index (χ2n) is 4.97. The first-order valence-corrected chi connectivity index (χ1v) is 6.12. The van der Waals surface area contributed by atoms with Gasteiger partial charge in [0, 0.05) is 6.04 Å². The van der Waals surface area contributed by atoms with Crippen molar-refractivity contribution in [2.75, 3.05) is 6.54 Å². The van der Waals surface area contributed by atoms with E-state index in [9.17, 15) is 0 Å². The Bertz CT molecular complexity index is 415. The molecule has 1 aromatic carbocycles. The van der Waals surface area contributed by atoms with Crippen LogP contribution in [0.1, 0.15) is 36.4 Å². The van der Waals surface area contributed by atoms with Gasteiger partial charge < -0.3 is 5.32 Å². The molecule has 1 saturated heterocycles. The number of hydrogen-bond acceptors (Lipinski definition) is 2. The summed E-state index contributed by atoms with van der Waals surface area (Å²) in [6, 6.07) is 10.8. The zero-order chi connectivity index (χ0) is 11.0. The molecule has 1 aliphatic carbocycles. The number of rotatable bonds is 1. The van der Waals surface area contributed by atoms with Crippen LogP contribution in [0.5, 0.6) is 0 Å². The fourth-order valence-corrected chi connectivity index (χ4v) is 3.32. The topological polar surface area (TPSA) is 35.8 Å². The van der Waals surface area contributed by atoms with Gasteiger partial charge in [-0.15, -0.1) is 0 Å². The Morgan fingerprint density at radius 3 is 2.75 bits per heavy atom. The van der Waals surface area contributed by atoms with Gasteiger partial charge in [-0.3, -0.25) is 0 Å². The summed E-state index contributed by atoms with van der Waals surface area (Å²) in [4.78, 5) is 0. The molecule has 3 rings (SSSR count). The van der Waals surface area contributed by atoms with E-state index in [1.165, 1.54) is 31.4 Å². The van der Waals surface area contributed by atoms with E-state index in [2.05, 4.69) is 23.5 Å². The lowest BCUT2D eigenvalue weighted by atomic mass is 9.89. The average Bonchev–Trinajstić information content (AvgIpc) is 2.91. The first-order chi connectivity index (χ1) is 7.88. The van der Waals surface area contributed by atoms with Gasteiger partial charge in [0.05, 0.1) is 11.6 Å². The van der Waals surface area contributed by atoms with Gasteiger partial charge in [0.25, 0.3) is 0 Å². The molecule has 3 atom stereocenters. The number of benzene rings is 1. The van der Waals surface area contributed by atoms with Gasteiger partial charge in [-0.2, -0.15) is 5.26 Å². The van der Waals surface area contributed by atoms with Crippen LogP contribution >= 0.6 is 0 Å². The highest BCUT2D eigenvalue weighted by atomic mass is 15.0. The molecule has 1 aromatic rings. The second-order valence-corrected chi connectivity index (χ2v) is 4.97. The fourth-order valence-electron chi connectivity index (χ4n) is 3.32. The highest BCUT2D eigenvalue weighted by Gasteiger charge is 2.39. The number of fused-ring (bicyclic) bond motifs is 1. The van der Waals surface area contributed by atoms with E-state index in [-0.39, 0.29) is 0 Å². The second kappa shape index (κ2) is 3.92. The summed E-state index contributed by atoms with van der Waals surface area (Å²) in [5.74, 6) is 1.72. The van der Waals surface area contributed by atoms with Crippen LogP contribution in [0.4, 0.5) is 0 Å². The van der Waals surface area contributed by atoms with Crippen LogP contribution in [0.2, 0.25) is 0 Å². The van der Waals surface area contributed by atoms with Gasteiger partial charge in [-0.1, -0.05) is 18.6 Å². The summed E-state index contributed by atoms with van der Waals surface area (Å²) in [7, 11) is 0. The summed E-state index contributed by atoms with van der Waals surface area (Å²) >= 11 is 0. The van der Waals surface area contributed by atoms with Crippen molar-refractivity contribution in [2.24, 2.45) is 11.8 Å². The van der Waals surface area contributed by atoms with Gasteiger partial charge in [0.2, 0.25) is 0 Å². The van der Waals surface area contributed by atoms with Crippen molar-refractivity contribution in [1.29, 1.82) is 5.26 Å². The minimum Gasteiger partial charge on any atom is -0.309 e. The minimum atomic E-state index is 0.528. The highest BCUT2D eigenvalue weighted by Crippen LogP contribution is 2.44. The molecule has 2 aliphatic rings. The molecular formula is C14H16N2. The van der Waals surface area contributed by atoms with E-state index >= 15 is 0 Å². The summed E-state index contributed by atoms with van der Waals surface area (Å²) < 4.78 is 0. The molecule has 0 bridgehead atoms. The molecule has 1 saturated carbocycles. The molecule has 1 heterocycles. The maximum atomic E-state index is 8.78. The Labute approximate surface area is 96.3 Å². The number of hydrogen-bond donors (Lipinski definition) is 1. The van der Waals surface area contributed by atoms with Crippen molar-refractivity contribution in [2.45, 2.75) is 25.3 Å². The maximum Gasteiger partial charge on any atom is 0.0991 e. The lowest BCUT2D eigenvalue weighted by molar-refractivity contribution is 0.421. The van der Waals surface area contributed by atoms with Gasteiger partial charge in [-0.25, -0.2) is 0 Å². The van der Waals surface area contributed by atoms with Crippen molar-refractivity contribution < 1.29 is 0 Å². The lowest BCUT2D eigenvalue weighted by Gasteiger charge is -2.18. The van der Waals surface area contributed by atoms with Crippen LogP contribution in [0, 0.1) is 23.2 Å². The molecule has 0 amide bonds. The van der Waals surface area contributed by atoms with Gasteiger partial charge in [-0.05, 0) is 48.9 Å². The average molecular weight is 212 g/mol. The van der Waals surface area contributed by atoms with Crippen molar-refractivity contribution in [3.8, 4) is 6.07 Å². The van der Waals surface area contributed by atoms with Crippen LogP contribution in [-0.4, -0.2) is 6.54 Å². The largest absolute Gasteiger partial charge is 0.309 e. The number of nitriles is 1. The van der Waals surface area contributed by atoms with Gasteiger partial charge in [0.15, 0.2) is 0 Å². The maximum absolute atomic E-state index is 8.78. The molecule has 0 radical (unpaired) electrons. The summed E-state index contributed by atoms with van der Waals surface area (Å²) in [6.45, 7) is 1.18. The summed E-state index contributed by atoms with van der Waals surface area (Å²) in [6.07, 6.45) is 4.15. The molecule has 2 heteroatoms. The molecule has 0 aromatic heterocycles. The van der Waals surface area contributed by atoms with Crippen LogP contribution in [0.3, 0.4) is 0 Å². The Morgan fingerprint density at radius 1 is 1.19 bits per heavy atom. The molecule has 3 unspecified atom stereocenters. The zero-order valence-electron chi connectivity index (χ0n) is 9.32. The van der Waals surface area contributed by atoms with E-state index < -0.39 is 0 Å². The normalized spacial score (nSPS) is 32.3. The van der Waals surface area contributed by atoms with Gasteiger partial charge >= 0.3 is 0 Å². The third-order valence-electron chi connectivity index (χ3n) is 4.14. The van der Waals surface area contributed by atoms with E-state index in [1.54, 1.807) is 0 Å². The van der Waals surface area contributed by atoms with Crippen LogP contribution in [0.15, 0.2) is 24.3 Å². The fraction of sp³-hybridized carbons (Fsp3) is 0.500. The summed E-state index contributed by atoms with van der Waals surface area (Å²) in [5, 5.41) is 12.4. The van der Waals surface area contributed by atoms with E-state index in [0.717, 1.165) is 17.4 Å². The quantitative estimate of drug-likeness (QED) is 0.776. The van der Waals surface area contributed by atoms with Crippen molar-refractivity contribution in [3.05, 3.63) is 35.4 Å². The number of nitrogens with one attached hydrogen (secondary N) is 1.